The van der Waals surface area contributed by atoms with Gasteiger partial charge in [0, 0.05) is 13.1 Å². The van der Waals surface area contributed by atoms with E-state index >= 15 is 0 Å². The number of carbonyl (C=O) groups excluding carboxylic acids is 1. The van der Waals surface area contributed by atoms with E-state index in [4.69, 9.17) is 0 Å². The van der Waals surface area contributed by atoms with Gasteiger partial charge in [-0.1, -0.05) is 60.5 Å². The molecule has 4 rings (SSSR count). The maximum absolute atomic E-state index is 13.5. The smallest absolute Gasteiger partial charge is 0.264 e. The summed E-state index contributed by atoms with van der Waals surface area (Å²) in [6.45, 7) is 7.11. The number of carbonyl (C=O) groups is 1. The van der Waals surface area contributed by atoms with E-state index in [9.17, 15) is 13.2 Å². The van der Waals surface area contributed by atoms with Crippen LogP contribution in [0.2, 0.25) is 0 Å². The fourth-order valence-corrected chi connectivity index (χ4v) is 5.87. The van der Waals surface area contributed by atoms with Crippen LogP contribution in [0.15, 0.2) is 77.7 Å². The molecule has 3 aromatic rings. The number of hydrogen-bond acceptors (Lipinski definition) is 4. The fourth-order valence-electron chi connectivity index (χ4n) is 4.46. The van der Waals surface area contributed by atoms with Gasteiger partial charge in [0.05, 0.1) is 10.6 Å². The zero-order valence-electron chi connectivity index (χ0n) is 21.1. The minimum Gasteiger partial charge on any atom is -0.350 e. The maximum Gasteiger partial charge on any atom is 0.264 e. The monoisotopic (exact) mass is 505 g/mol. The molecule has 36 heavy (non-hydrogen) atoms. The summed E-state index contributed by atoms with van der Waals surface area (Å²) in [7, 11) is -3.92. The van der Waals surface area contributed by atoms with E-state index in [1.807, 2.05) is 32.0 Å². The molecule has 7 heteroatoms. The molecule has 3 aromatic carbocycles. The first-order chi connectivity index (χ1) is 17.3. The van der Waals surface area contributed by atoms with Crippen LogP contribution in [-0.2, 0) is 27.9 Å². The number of hydrogen-bond donors (Lipinski definition) is 1. The van der Waals surface area contributed by atoms with Crippen molar-refractivity contribution in [1.82, 2.24) is 10.2 Å². The lowest BCUT2D eigenvalue weighted by Gasteiger charge is -2.26. The molecular weight excluding hydrogens is 470 g/mol. The quantitative estimate of drug-likeness (QED) is 0.454. The zero-order valence-corrected chi connectivity index (χ0v) is 21.9. The van der Waals surface area contributed by atoms with Crippen LogP contribution >= 0.6 is 0 Å². The Morgan fingerprint density at radius 1 is 0.861 bits per heavy atom. The van der Waals surface area contributed by atoms with Crippen LogP contribution in [0.3, 0.4) is 0 Å². The highest BCUT2D eigenvalue weighted by atomic mass is 32.2. The second-order valence-corrected chi connectivity index (χ2v) is 11.5. The van der Waals surface area contributed by atoms with E-state index in [-0.39, 0.29) is 17.3 Å². The van der Waals surface area contributed by atoms with Crippen LogP contribution in [0.25, 0.3) is 0 Å². The van der Waals surface area contributed by atoms with Crippen LogP contribution in [0.4, 0.5) is 5.69 Å². The second-order valence-electron chi connectivity index (χ2n) is 9.59. The van der Waals surface area contributed by atoms with Gasteiger partial charge in [-0.2, -0.15) is 0 Å². The van der Waals surface area contributed by atoms with Crippen molar-refractivity contribution in [2.45, 2.75) is 51.1 Å². The van der Waals surface area contributed by atoms with Crippen molar-refractivity contribution in [3.05, 3.63) is 95.1 Å². The van der Waals surface area contributed by atoms with Gasteiger partial charge in [0.25, 0.3) is 10.0 Å². The predicted molar refractivity (Wildman–Crippen MR) is 144 cm³/mol. The summed E-state index contributed by atoms with van der Waals surface area (Å²) >= 11 is 0. The number of nitrogens with zero attached hydrogens (tertiary/aromatic N) is 2. The molecule has 1 heterocycles. The molecule has 0 aliphatic carbocycles. The Kier molecular flexibility index (Phi) is 8.44. The molecule has 0 saturated carbocycles. The Hall–Kier alpha value is -3.16. The number of piperidine rings is 1. The van der Waals surface area contributed by atoms with Gasteiger partial charge in [-0.3, -0.25) is 14.0 Å². The Balaban J connectivity index is 1.43. The highest BCUT2D eigenvalue weighted by Gasteiger charge is 2.27. The van der Waals surface area contributed by atoms with Crippen molar-refractivity contribution in [2.24, 2.45) is 0 Å². The molecule has 1 N–H and O–H groups in total. The van der Waals surface area contributed by atoms with Crippen molar-refractivity contribution in [3.63, 3.8) is 0 Å². The number of sulfonamides is 1. The summed E-state index contributed by atoms with van der Waals surface area (Å²) in [5.74, 6) is -0.357. The van der Waals surface area contributed by atoms with Crippen molar-refractivity contribution >= 4 is 21.6 Å². The molecule has 0 bridgehead atoms. The maximum atomic E-state index is 13.5. The largest absolute Gasteiger partial charge is 0.350 e. The number of nitrogens with one attached hydrogen (secondary N) is 1. The number of likely N-dealkylation sites (tertiary alicyclic amines) is 1. The highest BCUT2D eigenvalue weighted by Crippen LogP contribution is 2.24. The molecule has 1 aliphatic rings. The molecular formula is C29H35N3O3S. The van der Waals surface area contributed by atoms with Gasteiger partial charge in [-0.15, -0.1) is 0 Å². The van der Waals surface area contributed by atoms with Gasteiger partial charge < -0.3 is 5.32 Å². The number of benzene rings is 3. The third-order valence-corrected chi connectivity index (χ3v) is 8.34. The number of rotatable bonds is 9. The van der Waals surface area contributed by atoms with Gasteiger partial charge in [-0.25, -0.2) is 8.42 Å². The lowest BCUT2D eigenvalue weighted by molar-refractivity contribution is -0.119. The standard InChI is InChI=1S/C29H35N3O3S/c1-23-9-15-28(16-10-23)36(34,35)32(27-8-6-7-24(2)19-27)22-29(33)30-20-25-11-13-26(14-12-25)21-31-17-4-3-5-18-31/h6-16,19H,3-5,17-18,20-22H2,1-2H3,(H,30,33). The van der Waals surface area contributed by atoms with E-state index in [2.05, 4.69) is 22.3 Å². The minimum absolute atomic E-state index is 0.159. The normalized spacial score (nSPS) is 14.4. The summed E-state index contributed by atoms with van der Waals surface area (Å²) in [6.07, 6.45) is 3.86. The summed E-state index contributed by atoms with van der Waals surface area (Å²) in [5, 5.41) is 2.89. The second kappa shape index (κ2) is 11.7. The van der Waals surface area contributed by atoms with Gasteiger partial charge in [0.1, 0.15) is 6.54 Å². The first-order valence-corrected chi connectivity index (χ1v) is 14.0. The van der Waals surface area contributed by atoms with E-state index < -0.39 is 10.0 Å². The fraction of sp³-hybridized carbons (Fsp3) is 0.345. The molecule has 190 valence electrons. The van der Waals surface area contributed by atoms with Crippen molar-refractivity contribution in [1.29, 1.82) is 0 Å². The van der Waals surface area contributed by atoms with Crippen molar-refractivity contribution in [2.75, 3.05) is 23.9 Å². The van der Waals surface area contributed by atoms with Crippen LogP contribution in [0.5, 0.6) is 0 Å². The van der Waals surface area contributed by atoms with Crippen LogP contribution in [0.1, 0.15) is 41.5 Å². The van der Waals surface area contributed by atoms with Gasteiger partial charge >= 0.3 is 0 Å². The minimum atomic E-state index is -3.92. The molecule has 6 nitrogen and oxygen atoms in total. The average molecular weight is 506 g/mol. The predicted octanol–water partition coefficient (Wildman–Crippen LogP) is 4.80. The third-order valence-electron chi connectivity index (χ3n) is 6.55. The molecule has 1 amide bonds. The van der Waals surface area contributed by atoms with E-state index in [0.29, 0.717) is 12.2 Å². The Morgan fingerprint density at radius 3 is 2.19 bits per heavy atom. The van der Waals surface area contributed by atoms with Gasteiger partial charge in [-0.05, 0) is 80.7 Å². The van der Waals surface area contributed by atoms with Crippen LogP contribution < -0.4 is 9.62 Å². The topological polar surface area (TPSA) is 69.7 Å². The first-order valence-electron chi connectivity index (χ1n) is 12.5. The van der Waals surface area contributed by atoms with Gasteiger partial charge in [0.15, 0.2) is 0 Å². The summed E-state index contributed by atoms with van der Waals surface area (Å²) in [6, 6.07) is 22.1. The summed E-state index contributed by atoms with van der Waals surface area (Å²) in [5.41, 5.74) is 4.60. The molecule has 0 unspecified atom stereocenters. The lowest BCUT2D eigenvalue weighted by Crippen LogP contribution is -2.40. The van der Waals surface area contributed by atoms with Crippen molar-refractivity contribution < 1.29 is 13.2 Å². The first kappa shape index (κ1) is 25.9. The average Bonchev–Trinajstić information content (AvgIpc) is 2.87. The molecule has 1 aliphatic heterocycles. The third kappa shape index (κ3) is 6.74. The molecule has 0 aromatic heterocycles. The molecule has 0 atom stereocenters. The van der Waals surface area contributed by atoms with Gasteiger partial charge in [0.2, 0.25) is 5.91 Å². The van der Waals surface area contributed by atoms with Crippen LogP contribution in [0, 0.1) is 13.8 Å². The molecule has 1 fully saturated rings. The number of amides is 1. The number of aryl methyl sites for hydroxylation is 2. The molecule has 1 saturated heterocycles. The zero-order chi connectivity index (χ0) is 25.5. The van der Waals surface area contributed by atoms with Crippen molar-refractivity contribution in [3.8, 4) is 0 Å². The number of anilines is 1. The summed E-state index contributed by atoms with van der Waals surface area (Å²) < 4.78 is 28.2. The van der Waals surface area contributed by atoms with E-state index in [1.54, 1.807) is 42.5 Å². The van der Waals surface area contributed by atoms with E-state index in [0.717, 1.165) is 36.3 Å². The Morgan fingerprint density at radius 2 is 1.53 bits per heavy atom. The Labute approximate surface area is 215 Å². The van der Waals surface area contributed by atoms with E-state index in [1.165, 1.54) is 29.1 Å². The molecule has 0 spiro atoms. The lowest BCUT2D eigenvalue weighted by atomic mass is 10.1. The Bertz CT molecular complexity index is 1270. The molecule has 0 radical (unpaired) electrons. The highest BCUT2D eigenvalue weighted by molar-refractivity contribution is 7.92. The van der Waals surface area contributed by atoms with Crippen LogP contribution in [-0.4, -0.2) is 38.9 Å². The summed E-state index contributed by atoms with van der Waals surface area (Å²) in [4.78, 5) is 15.6. The SMILES string of the molecule is Cc1ccc(S(=O)(=O)N(CC(=O)NCc2ccc(CN3CCCCC3)cc2)c2cccc(C)c2)cc1.